The maximum absolute atomic E-state index is 12.7. The molecule has 0 heterocycles. The first-order valence-corrected chi connectivity index (χ1v) is 10.1. The van der Waals surface area contributed by atoms with Crippen molar-refractivity contribution in [1.82, 2.24) is 10.0 Å². The average Bonchev–Trinajstić information content (AvgIpc) is 2.62. The van der Waals surface area contributed by atoms with Crippen molar-refractivity contribution in [2.24, 2.45) is 5.92 Å². The van der Waals surface area contributed by atoms with Gasteiger partial charge in [0.25, 0.3) is 5.91 Å². The summed E-state index contributed by atoms with van der Waals surface area (Å²) >= 11 is 0. The summed E-state index contributed by atoms with van der Waals surface area (Å²) in [5, 5.41) is 2.96. The van der Waals surface area contributed by atoms with E-state index in [9.17, 15) is 13.2 Å². The minimum Gasteiger partial charge on any atom is -0.351 e. The lowest BCUT2D eigenvalue weighted by Crippen LogP contribution is -2.31. The highest BCUT2D eigenvalue weighted by Crippen LogP contribution is 2.24. The third-order valence-electron chi connectivity index (χ3n) is 4.55. The van der Waals surface area contributed by atoms with Gasteiger partial charge < -0.3 is 5.32 Å². The fourth-order valence-corrected chi connectivity index (χ4v) is 3.62. The van der Waals surface area contributed by atoms with Crippen molar-refractivity contribution in [1.29, 1.82) is 0 Å². The lowest BCUT2D eigenvalue weighted by Gasteiger charge is -2.22. The monoisotopic (exact) mass is 374 g/mol. The highest BCUT2D eigenvalue weighted by Gasteiger charge is 2.19. The topological polar surface area (TPSA) is 75.3 Å². The first-order valence-electron chi connectivity index (χ1n) is 8.63. The maximum Gasteiger partial charge on any atom is 0.251 e. The molecule has 2 aromatic rings. The molecule has 0 aromatic heterocycles. The van der Waals surface area contributed by atoms with Crippen LogP contribution in [-0.4, -0.2) is 27.9 Å². The summed E-state index contributed by atoms with van der Waals surface area (Å²) in [4.78, 5) is 12.7. The summed E-state index contributed by atoms with van der Waals surface area (Å²) in [6, 6.07) is 14.6. The van der Waals surface area contributed by atoms with Crippen LogP contribution in [0.3, 0.4) is 0 Å². The second-order valence-corrected chi connectivity index (χ2v) is 8.54. The molecule has 0 bridgehead atoms. The van der Waals surface area contributed by atoms with Crippen LogP contribution in [0.15, 0.2) is 53.4 Å². The van der Waals surface area contributed by atoms with Crippen LogP contribution < -0.4 is 10.0 Å². The zero-order chi connectivity index (χ0) is 19.3. The Hall–Kier alpha value is -2.18. The zero-order valence-electron chi connectivity index (χ0n) is 15.6. The van der Waals surface area contributed by atoms with Gasteiger partial charge in [0, 0.05) is 18.0 Å². The van der Waals surface area contributed by atoms with Crippen molar-refractivity contribution < 1.29 is 13.2 Å². The summed E-state index contributed by atoms with van der Waals surface area (Å²) < 4.78 is 26.2. The van der Waals surface area contributed by atoms with E-state index in [4.69, 9.17) is 0 Å². The molecule has 0 saturated heterocycles. The summed E-state index contributed by atoms with van der Waals surface area (Å²) in [6.07, 6.45) is 0. The largest absolute Gasteiger partial charge is 0.351 e. The van der Waals surface area contributed by atoms with Crippen LogP contribution in [0.2, 0.25) is 0 Å². The Kier molecular flexibility index (Phi) is 6.56. The number of rotatable bonds is 7. The predicted octanol–water partition coefficient (Wildman–Crippen LogP) is 3.07. The Balaban J connectivity index is 2.20. The van der Waals surface area contributed by atoms with Crippen molar-refractivity contribution in [3.63, 3.8) is 0 Å². The Labute approximate surface area is 155 Å². The molecule has 0 fully saturated rings. The summed E-state index contributed by atoms with van der Waals surface area (Å²) in [6.45, 7) is 6.52. The molecule has 0 saturated carbocycles. The normalized spacial score (nSPS) is 12.8. The second kappa shape index (κ2) is 8.47. The Morgan fingerprint density at radius 1 is 1.08 bits per heavy atom. The summed E-state index contributed by atoms with van der Waals surface area (Å²) in [5.41, 5.74) is 2.28. The fraction of sp³-hybridized carbons (Fsp3) is 0.350. The highest BCUT2D eigenvalue weighted by atomic mass is 32.2. The van der Waals surface area contributed by atoms with Gasteiger partial charge in [-0.1, -0.05) is 50.2 Å². The molecule has 0 radical (unpaired) electrons. The first kappa shape index (κ1) is 20.1. The molecule has 0 spiro atoms. The molecule has 1 amide bonds. The van der Waals surface area contributed by atoms with Gasteiger partial charge in [-0.25, -0.2) is 13.1 Å². The third-order valence-corrected chi connectivity index (χ3v) is 5.96. The molecule has 2 N–H and O–H groups in total. The number of carbonyl (C=O) groups excluding carboxylic acids is 1. The highest BCUT2D eigenvalue weighted by molar-refractivity contribution is 7.89. The number of hydrogen-bond acceptors (Lipinski definition) is 3. The number of benzene rings is 2. The third kappa shape index (κ3) is 4.71. The van der Waals surface area contributed by atoms with Crippen LogP contribution in [0.5, 0.6) is 0 Å². The molecule has 0 aliphatic carbocycles. The van der Waals surface area contributed by atoms with E-state index in [0.717, 1.165) is 5.56 Å². The van der Waals surface area contributed by atoms with Crippen molar-refractivity contribution >= 4 is 15.9 Å². The van der Waals surface area contributed by atoms with Gasteiger partial charge in [-0.2, -0.15) is 0 Å². The van der Waals surface area contributed by atoms with Crippen LogP contribution in [-0.2, 0) is 10.0 Å². The van der Waals surface area contributed by atoms with E-state index in [2.05, 4.69) is 36.0 Å². The molecule has 2 rings (SSSR count). The van der Waals surface area contributed by atoms with Crippen LogP contribution in [0.4, 0.5) is 0 Å². The second-order valence-electron chi connectivity index (χ2n) is 6.66. The Morgan fingerprint density at radius 2 is 1.73 bits per heavy atom. The van der Waals surface area contributed by atoms with Gasteiger partial charge in [0.05, 0.1) is 4.90 Å². The van der Waals surface area contributed by atoms with E-state index < -0.39 is 10.0 Å². The molecule has 2 aromatic carbocycles. The smallest absolute Gasteiger partial charge is 0.251 e. The Morgan fingerprint density at radius 3 is 2.31 bits per heavy atom. The Bertz CT molecular complexity index is 862. The predicted molar refractivity (Wildman–Crippen MR) is 104 cm³/mol. The molecule has 26 heavy (non-hydrogen) atoms. The lowest BCUT2D eigenvalue weighted by atomic mass is 9.88. The number of hydrogen-bond donors (Lipinski definition) is 2. The van der Waals surface area contributed by atoms with E-state index in [-0.39, 0.29) is 16.7 Å². The molecule has 6 heteroatoms. The van der Waals surface area contributed by atoms with E-state index >= 15 is 0 Å². The minimum absolute atomic E-state index is 0.0826. The average molecular weight is 375 g/mol. The van der Waals surface area contributed by atoms with Gasteiger partial charge in [-0.3, -0.25) is 4.79 Å². The SMILES string of the molecule is CNS(=O)(=O)c1ccc(C)c(C(=O)NCC(c2ccccc2)C(C)C)c1. The summed E-state index contributed by atoms with van der Waals surface area (Å²) in [7, 11) is -2.24. The first-order chi connectivity index (χ1) is 12.3. The van der Waals surface area contributed by atoms with E-state index in [1.807, 2.05) is 18.2 Å². The van der Waals surface area contributed by atoms with Gasteiger partial charge in [-0.15, -0.1) is 0 Å². The number of aryl methyl sites for hydroxylation is 1. The van der Waals surface area contributed by atoms with Crippen molar-refractivity contribution in [2.45, 2.75) is 31.6 Å². The number of amides is 1. The minimum atomic E-state index is -3.59. The summed E-state index contributed by atoms with van der Waals surface area (Å²) in [5.74, 6) is 0.275. The molecule has 0 aliphatic rings. The van der Waals surface area contributed by atoms with E-state index in [1.165, 1.54) is 24.7 Å². The van der Waals surface area contributed by atoms with Crippen LogP contribution in [0.1, 0.15) is 41.3 Å². The van der Waals surface area contributed by atoms with E-state index in [0.29, 0.717) is 18.0 Å². The van der Waals surface area contributed by atoms with Crippen molar-refractivity contribution in [3.05, 3.63) is 65.2 Å². The molecular formula is C20H26N2O3S. The molecule has 140 valence electrons. The molecular weight excluding hydrogens is 348 g/mol. The number of carbonyl (C=O) groups is 1. The van der Waals surface area contributed by atoms with Crippen molar-refractivity contribution in [3.8, 4) is 0 Å². The molecule has 1 atom stereocenters. The van der Waals surface area contributed by atoms with Crippen LogP contribution in [0.25, 0.3) is 0 Å². The maximum atomic E-state index is 12.7. The molecule has 5 nitrogen and oxygen atoms in total. The lowest BCUT2D eigenvalue weighted by molar-refractivity contribution is 0.0948. The quantitative estimate of drug-likeness (QED) is 0.782. The van der Waals surface area contributed by atoms with Gasteiger partial charge in [0.2, 0.25) is 10.0 Å². The molecule has 0 aliphatic heterocycles. The van der Waals surface area contributed by atoms with E-state index in [1.54, 1.807) is 13.0 Å². The molecule has 1 unspecified atom stereocenters. The van der Waals surface area contributed by atoms with Gasteiger partial charge in [-0.05, 0) is 43.1 Å². The zero-order valence-corrected chi connectivity index (χ0v) is 16.4. The van der Waals surface area contributed by atoms with Crippen molar-refractivity contribution in [2.75, 3.05) is 13.6 Å². The van der Waals surface area contributed by atoms with Crippen LogP contribution >= 0.6 is 0 Å². The standard InChI is InChI=1S/C20H26N2O3S/c1-14(2)19(16-8-6-5-7-9-16)13-22-20(23)18-12-17(11-10-15(18)3)26(24,25)21-4/h5-12,14,19,21H,13H2,1-4H3,(H,22,23). The number of sulfonamides is 1. The van der Waals surface area contributed by atoms with Crippen LogP contribution in [0, 0.1) is 12.8 Å². The number of nitrogens with one attached hydrogen (secondary N) is 2. The van der Waals surface area contributed by atoms with Gasteiger partial charge >= 0.3 is 0 Å². The fourth-order valence-electron chi connectivity index (χ4n) is 2.87. The van der Waals surface area contributed by atoms with Gasteiger partial charge in [0.15, 0.2) is 0 Å². The van der Waals surface area contributed by atoms with Gasteiger partial charge in [0.1, 0.15) is 0 Å².